The van der Waals surface area contributed by atoms with E-state index >= 15 is 0 Å². The highest BCUT2D eigenvalue weighted by atomic mass is 16.3. The molecule has 1 aliphatic rings. The Kier molecular flexibility index (Phi) is 4.09. The normalized spacial score (nSPS) is 20.3. The van der Waals surface area contributed by atoms with Crippen LogP contribution in [0.15, 0.2) is 24.5 Å². The number of piperidine rings is 1. The summed E-state index contributed by atoms with van der Waals surface area (Å²) in [5, 5.41) is 9.51. The van der Waals surface area contributed by atoms with Crippen molar-refractivity contribution in [1.29, 1.82) is 0 Å². The van der Waals surface area contributed by atoms with Gasteiger partial charge in [-0.05, 0) is 30.9 Å². The van der Waals surface area contributed by atoms with E-state index in [2.05, 4.69) is 4.98 Å². The second kappa shape index (κ2) is 5.77. The van der Waals surface area contributed by atoms with Crippen LogP contribution in [-0.2, 0) is 11.2 Å². The van der Waals surface area contributed by atoms with Gasteiger partial charge < -0.3 is 10.0 Å². The fraction of sp³-hybridized carbons (Fsp3) is 0.538. The third kappa shape index (κ3) is 3.53. The Morgan fingerprint density at radius 2 is 2.47 bits per heavy atom. The van der Waals surface area contributed by atoms with E-state index in [1.165, 1.54) is 0 Å². The highest BCUT2D eigenvalue weighted by molar-refractivity contribution is 5.76. The number of aromatic nitrogens is 1. The number of pyridine rings is 1. The molecule has 0 spiro atoms. The van der Waals surface area contributed by atoms with Gasteiger partial charge in [0.1, 0.15) is 0 Å². The first kappa shape index (κ1) is 12.0. The van der Waals surface area contributed by atoms with Crippen molar-refractivity contribution in [2.45, 2.75) is 31.8 Å². The molecule has 2 heterocycles. The Balaban J connectivity index is 1.81. The lowest BCUT2D eigenvalue weighted by Crippen LogP contribution is -2.42. The molecule has 4 nitrogen and oxygen atoms in total. The van der Waals surface area contributed by atoms with Gasteiger partial charge in [-0.2, -0.15) is 0 Å². The molecule has 1 atom stereocenters. The summed E-state index contributed by atoms with van der Waals surface area (Å²) >= 11 is 0. The zero-order valence-electron chi connectivity index (χ0n) is 9.88. The molecule has 0 saturated carbocycles. The number of carbonyl (C=O) groups excluding carboxylic acids is 1. The second-order valence-corrected chi connectivity index (χ2v) is 4.50. The van der Waals surface area contributed by atoms with E-state index in [0.717, 1.165) is 31.4 Å². The van der Waals surface area contributed by atoms with Crippen LogP contribution >= 0.6 is 0 Å². The van der Waals surface area contributed by atoms with Gasteiger partial charge in [-0.15, -0.1) is 0 Å². The average Bonchev–Trinajstić information content (AvgIpc) is 2.37. The van der Waals surface area contributed by atoms with E-state index in [9.17, 15) is 9.90 Å². The van der Waals surface area contributed by atoms with E-state index in [1.807, 2.05) is 12.1 Å². The average molecular weight is 234 g/mol. The highest BCUT2D eigenvalue weighted by Gasteiger charge is 2.21. The largest absolute Gasteiger partial charge is 0.391 e. The summed E-state index contributed by atoms with van der Waals surface area (Å²) in [4.78, 5) is 17.7. The number of hydrogen-bond acceptors (Lipinski definition) is 3. The maximum Gasteiger partial charge on any atom is 0.222 e. The molecule has 1 fully saturated rings. The SMILES string of the molecule is O=C(CCc1cccnc1)N1CCCC(O)C1. The van der Waals surface area contributed by atoms with Crippen LogP contribution in [-0.4, -0.2) is 40.1 Å². The Bertz CT molecular complexity index is 367. The molecule has 0 aliphatic carbocycles. The number of aliphatic hydroxyl groups is 1. The molecule has 17 heavy (non-hydrogen) atoms. The molecule has 0 aromatic carbocycles. The van der Waals surface area contributed by atoms with Crippen LogP contribution in [0.3, 0.4) is 0 Å². The van der Waals surface area contributed by atoms with Crippen LogP contribution in [0.1, 0.15) is 24.8 Å². The molecule has 4 heteroatoms. The zero-order valence-corrected chi connectivity index (χ0v) is 9.88. The molecule has 1 amide bonds. The van der Waals surface area contributed by atoms with E-state index in [-0.39, 0.29) is 12.0 Å². The number of rotatable bonds is 3. The van der Waals surface area contributed by atoms with Gasteiger partial charge in [-0.1, -0.05) is 6.07 Å². The van der Waals surface area contributed by atoms with E-state index in [4.69, 9.17) is 0 Å². The molecule has 2 rings (SSSR count). The maximum absolute atomic E-state index is 11.9. The predicted molar refractivity (Wildman–Crippen MR) is 64.4 cm³/mol. The number of likely N-dealkylation sites (tertiary alicyclic amines) is 1. The molecule has 1 aromatic heterocycles. The standard InChI is InChI=1S/C13H18N2O2/c16-12-4-2-8-15(10-12)13(17)6-5-11-3-1-7-14-9-11/h1,3,7,9,12,16H,2,4-6,8,10H2. The third-order valence-electron chi connectivity index (χ3n) is 3.10. The number of amides is 1. The van der Waals surface area contributed by atoms with Crippen molar-refractivity contribution < 1.29 is 9.90 Å². The van der Waals surface area contributed by atoms with Gasteiger partial charge in [0.2, 0.25) is 5.91 Å². The van der Waals surface area contributed by atoms with Gasteiger partial charge in [-0.25, -0.2) is 0 Å². The molecule has 92 valence electrons. The van der Waals surface area contributed by atoms with Crippen LogP contribution in [0, 0.1) is 0 Å². The van der Waals surface area contributed by atoms with Crippen molar-refractivity contribution in [3.8, 4) is 0 Å². The van der Waals surface area contributed by atoms with E-state index in [1.54, 1.807) is 17.3 Å². The molecule has 0 bridgehead atoms. The van der Waals surface area contributed by atoms with Crippen LogP contribution in [0.25, 0.3) is 0 Å². The number of aliphatic hydroxyl groups excluding tert-OH is 1. The number of hydrogen-bond donors (Lipinski definition) is 1. The van der Waals surface area contributed by atoms with Gasteiger partial charge in [0.15, 0.2) is 0 Å². The van der Waals surface area contributed by atoms with Crippen molar-refractivity contribution in [3.05, 3.63) is 30.1 Å². The third-order valence-corrected chi connectivity index (χ3v) is 3.10. The monoisotopic (exact) mass is 234 g/mol. The molecular formula is C13H18N2O2. The molecule has 1 N–H and O–H groups in total. The Morgan fingerprint density at radius 1 is 1.59 bits per heavy atom. The van der Waals surface area contributed by atoms with Crippen LogP contribution in [0.2, 0.25) is 0 Å². The summed E-state index contributed by atoms with van der Waals surface area (Å²) in [6.45, 7) is 1.27. The first-order valence-corrected chi connectivity index (χ1v) is 6.10. The number of nitrogens with zero attached hydrogens (tertiary/aromatic N) is 2. The maximum atomic E-state index is 11.9. The summed E-state index contributed by atoms with van der Waals surface area (Å²) in [5.41, 5.74) is 1.08. The van der Waals surface area contributed by atoms with Gasteiger partial charge in [0.05, 0.1) is 6.10 Å². The second-order valence-electron chi connectivity index (χ2n) is 4.50. The summed E-state index contributed by atoms with van der Waals surface area (Å²) in [7, 11) is 0. The van der Waals surface area contributed by atoms with Crippen molar-refractivity contribution in [2.24, 2.45) is 0 Å². The molecule has 1 unspecified atom stereocenters. The smallest absolute Gasteiger partial charge is 0.222 e. The lowest BCUT2D eigenvalue weighted by Gasteiger charge is -2.30. The van der Waals surface area contributed by atoms with Gasteiger partial charge in [0.25, 0.3) is 0 Å². The summed E-state index contributed by atoms with van der Waals surface area (Å²) < 4.78 is 0. The van der Waals surface area contributed by atoms with E-state index < -0.39 is 0 Å². The number of β-amino-alcohol motifs (C(OH)–C–C–N with tert-alkyl or cyclic N) is 1. The van der Waals surface area contributed by atoms with Crippen LogP contribution < -0.4 is 0 Å². The van der Waals surface area contributed by atoms with Gasteiger partial charge in [0, 0.05) is 31.9 Å². The van der Waals surface area contributed by atoms with Crippen molar-refractivity contribution in [3.63, 3.8) is 0 Å². The minimum absolute atomic E-state index is 0.132. The van der Waals surface area contributed by atoms with Gasteiger partial charge in [-0.3, -0.25) is 9.78 Å². The molecule has 0 radical (unpaired) electrons. The number of aryl methyl sites for hydroxylation is 1. The first-order valence-electron chi connectivity index (χ1n) is 6.10. The summed E-state index contributed by atoms with van der Waals surface area (Å²) in [5.74, 6) is 0.132. The molecule has 1 saturated heterocycles. The minimum Gasteiger partial charge on any atom is -0.391 e. The molecule has 1 aromatic rings. The zero-order chi connectivity index (χ0) is 12.1. The number of carbonyl (C=O) groups is 1. The summed E-state index contributed by atoms with van der Waals surface area (Å²) in [6.07, 6.45) is 6.11. The lowest BCUT2D eigenvalue weighted by atomic mass is 10.1. The van der Waals surface area contributed by atoms with Crippen molar-refractivity contribution in [1.82, 2.24) is 9.88 Å². The predicted octanol–water partition coefficient (Wildman–Crippen LogP) is 0.998. The first-order chi connectivity index (χ1) is 8.25. The van der Waals surface area contributed by atoms with Crippen molar-refractivity contribution >= 4 is 5.91 Å². The minimum atomic E-state index is -0.342. The Hall–Kier alpha value is -1.42. The highest BCUT2D eigenvalue weighted by Crippen LogP contribution is 2.12. The summed E-state index contributed by atoms with van der Waals surface area (Å²) in [6, 6.07) is 3.86. The van der Waals surface area contributed by atoms with Crippen LogP contribution in [0.5, 0.6) is 0 Å². The molecule has 1 aliphatic heterocycles. The molecular weight excluding hydrogens is 216 g/mol. The Morgan fingerprint density at radius 3 is 3.18 bits per heavy atom. The lowest BCUT2D eigenvalue weighted by molar-refractivity contribution is -0.134. The fourth-order valence-electron chi connectivity index (χ4n) is 2.14. The van der Waals surface area contributed by atoms with Crippen LogP contribution in [0.4, 0.5) is 0 Å². The quantitative estimate of drug-likeness (QED) is 0.848. The van der Waals surface area contributed by atoms with Gasteiger partial charge >= 0.3 is 0 Å². The Labute approximate surface area is 101 Å². The topological polar surface area (TPSA) is 53.4 Å². The van der Waals surface area contributed by atoms with Crippen molar-refractivity contribution in [2.75, 3.05) is 13.1 Å². The fourth-order valence-corrected chi connectivity index (χ4v) is 2.14. The van der Waals surface area contributed by atoms with E-state index in [0.29, 0.717) is 13.0 Å².